The molecule has 2 atom stereocenters. The molecule has 2 heterocycles. The van der Waals surface area contributed by atoms with Crippen molar-refractivity contribution < 1.29 is 9.18 Å². The minimum atomic E-state index is -0.519. The topological polar surface area (TPSA) is 52.9 Å². The molecule has 1 spiro atoms. The van der Waals surface area contributed by atoms with Gasteiger partial charge in [0.1, 0.15) is 17.2 Å². The van der Waals surface area contributed by atoms with Crippen molar-refractivity contribution in [3.63, 3.8) is 0 Å². The van der Waals surface area contributed by atoms with Crippen molar-refractivity contribution in [1.29, 1.82) is 5.26 Å². The molecule has 0 saturated heterocycles. The summed E-state index contributed by atoms with van der Waals surface area (Å²) in [6.07, 6.45) is 3.49. The molecular formula is C19H17FN2OS. The summed E-state index contributed by atoms with van der Waals surface area (Å²) in [4.78, 5) is 13.4. The summed E-state index contributed by atoms with van der Waals surface area (Å²) in [5.41, 5.74) is 1.89. The molecule has 1 aliphatic heterocycles. The van der Waals surface area contributed by atoms with Gasteiger partial charge < -0.3 is 5.32 Å². The maximum absolute atomic E-state index is 13.6. The molecule has 1 fully saturated rings. The third kappa shape index (κ3) is 2.42. The molecule has 1 aromatic heterocycles. The zero-order valence-electron chi connectivity index (χ0n) is 13.1. The van der Waals surface area contributed by atoms with E-state index >= 15 is 0 Å². The molecule has 1 saturated carbocycles. The van der Waals surface area contributed by atoms with Crippen LogP contribution in [0.1, 0.15) is 35.3 Å². The van der Waals surface area contributed by atoms with Gasteiger partial charge in [0.15, 0.2) is 11.6 Å². The summed E-state index contributed by atoms with van der Waals surface area (Å²) >= 11 is 1.31. The number of ketones is 1. The number of fused-ring (bicyclic) bond motifs is 1. The van der Waals surface area contributed by atoms with Crippen LogP contribution < -0.4 is 5.32 Å². The number of carbonyl (C=O) groups excluding carboxylic acids is 1. The minimum absolute atomic E-state index is 0.175. The highest BCUT2D eigenvalue weighted by atomic mass is 32.1. The first-order valence-corrected chi connectivity index (χ1v) is 9.04. The van der Waals surface area contributed by atoms with Crippen LogP contribution in [0.15, 0.2) is 29.6 Å². The Morgan fingerprint density at radius 1 is 1.42 bits per heavy atom. The van der Waals surface area contributed by atoms with Gasteiger partial charge in [0, 0.05) is 28.8 Å². The van der Waals surface area contributed by atoms with E-state index < -0.39 is 11.4 Å². The predicted octanol–water partition coefficient (Wildman–Crippen LogP) is 4.08. The van der Waals surface area contributed by atoms with E-state index in [-0.39, 0.29) is 17.3 Å². The Morgan fingerprint density at radius 3 is 3.04 bits per heavy atom. The third-order valence-corrected chi connectivity index (χ3v) is 6.22. The van der Waals surface area contributed by atoms with E-state index in [1.54, 1.807) is 0 Å². The Hall–Kier alpha value is -2.19. The molecule has 3 nitrogen and oxygen atoms in total. The number of hydrogen-bond acceptors (Lipinski definition) is 4. The van der Waals surface area contributed by atoms with Gasteiger partial charge in [-0.15, -0.1) is 11.3 Å². The molecule has 0 amide bonds. The van der Waals surface area contributed by atoms with Crippen molar-refractivity contribution in [2.45, 2.75) is 37.6 Å². The first-order chi connectivity index (χ1) is 11.6. The molecule has 0 radical (unpaired) electrons. The van der Waals surface area contributed by atoms with Gasteiger partial charge in [-0.1, -0.05) is 18.2 Å². The van der Waals surface area contributed by atoms with Crippen molar-refractivity contribution in [2.75, 3.05) is 5.32 Å². The summed E-state index contributed by atoms with van der Waals surface area (Å²) in [5, 5.41) is 14.0. The lowest BCUT2D eigenvalue weighted by molar-refractivity contribution is -0.126. The summed E-state index contributed by atoms with van der Waals surface area (Å²) in [7, 11) is 0. The Labute approximate surface area is 144 Å². The smallest absolute Gasteiger partial charge is 0.158 e. The fourth-order valence-corrected chi connectivity index (χ4v) is 5.03. The number of carbonyl (C=O) groups is 1. The van der Waals surface area contributed by atoms with Gasteiger partial charge >= 0.3 is 0 Å². The molecule has 24 heavy (non-hydrogen) atoms. The molecule has 2 aliphatic rings. The van der Waals surface area contributed by atoms with Crippen LogP contribution in [0.3, 0.4) is 0 Å². The summed E-state index contributed by atoms with van der Waals surface area (Å²) in [6, 6.07) is 10.0. The first-order valence-electron chi connectivity index (χ1n) is 8.17. The van der Waals surface area contributed by atoms with Crippen LogP contribution in [-0.2, 0) is 17.6 Å². The van der Waals surface area contributed by atoms with Crippen LogP contribution in [0.2, 0.25) is 0 Å². The quantitative estimate of drug-likeness (QED) is 0.896. The van der Waals surface area contributed by atoms with Gasteiger partial charge in [0.05, 0.1) is 0 Å². The van der Waals surface area contributed by atoms with Crippen molar-refractivity contribution in [1.82, 2.24) is 0 Å². The first kappa shape index (κ1) is 15.3. The van der Waals surface area contributed by atoms with Gasteiger partial charge in [-0.3, -0.25) is 4.79 Å². The van der Waals surface area contributed by atoms with Crippen molar-refractivity contribution in [3.8, 4) is 6.07 Å². The van der Waals surface area contributed by atoms with Crippen LogP contribution in [0.4, 0.5) is 10.1 Å². The zero-order chi connectivity index (χ0) is 16.7. The predicted molar refractivity (Wildman–Crippen MR) is 91.5 cm³/mol. The van der Waals surface area contributed by atoms with Gasteiger partial charge in [0.2, 0.25) is 0 Å². The Kier molecular flexibility index (Phi) is 3.65. The number of thiophene rings is 1. The maximum Gasteiger partial charge on any atom is 0.158 e. The average molecular weight is 340 g/mol. The SMILES string of the molecule is N#Cc1c(F)csc1CC1CCC(=O)C2(Cc3ccccc3N2)C1. The minimum Gasteiger partial charge on any atom is -0.372 e. The van der Waals surface area contributed by atoms with Crippen LogP contribution in [0.25, 0.3) is 0 Å². The van der Waals surface area contributed by atoms with Gasteiger partial charge in [0.25, 0.3) is 0 Å². The number of Topliss-reactive ketones (excluding diaryl/α,β-unsaturated/α-hetero) is 1. The van der Waals surface area contributed by atoms with Crippen LogP contribution in [0.5, 0.6) is 0 Å². The molecular weight excluding hydrogens is 323 g/mol. The number of rotatable bonds is 2. The Morgan fingerprint density at radius 2 is 2.25 bits per heavy atom. The molecule has 1 aromatic carbocycles. The molecule has 1 N–H and O–H groups in total. The second-order valence-corrected chi connectivity index (χ2v) is 7.73. The molecule has 5 heteroatoms. The molecule has 2 aromatic rings. The molecule has 4 rings (SSSR count). The van der Waals surface area contributed by atoms with Gasteiger partial charge in [-0.25, -0.2) is 4.39 Å². The van der Waals surface area contributed by atoms with Crippen LogP contribution >= 0.6 is 11.3 Å². The second kappa shape index (κ2) is 5.71. The van der Waals surface area contributed by atoms with E-state index in [1.165, 1.54) is 22.3 Å². The fourth-order valence-electron chi connectivity index (χ4n) is 4.07. The highest BCUT2D eigenvalue weighted by Crippen LogP contribution is 2.43. The van der Waals surface area contributed by atoms with E-state index in [1.807, 2.05) is 24.3 Å². The number of nitrogens with zero attached hydrogens (tertiary/aromatic N) is 1. The second-order valence-electron chi connectivity index (χ2n) is 6.77. The van der Waals surface area contributed by atoms with E-state index in [0.29, 0.717) is 12.8 Å². The molecule has 122 valence electrons. The zero-order valence-corrected chi connectivity index (χ0v) is 14.0. The van der Waals surface area contributed by atoms with Gasteiger partial charge in [-0.05, 0) is 36.8 Å². The van der Waals surface area contributed by atoms with Crippen molar-refractivity contribution in [2.24, 2.45) is 5.92 Å². The maximum atomic E-state index is 13.6. The lowest BCUT2D eigenvalue weighted by Gasteiger charge is -2.37. The number of nitriles is 1. The number of hydrogen-bond donors (Lipinski definition) is 1. The highest BCUT2D eigenvalue weighted by molar-refractivity contribution is 7.10. The summed E-state index contributed by atoms with van der Waals surface area (Å²) in [5.74, 6) is 0.132. The summed E-state index contributed by atoms with van der Waals surface area (Å²) < 4.78 is 13.6. The Balaban J connectivity index is 1.56. The third-order valence-electron chi connectivity index (χ3n) is 5.24. The van der Waals surface area contributed by atoms with E-state index in [2.05, 4.69) is 11.4 Å². The molecule has 1 aliphatic carbocycles. The van der Waals surface area contributed by atoms with Crippen molar-refractivity contribution in [3.05, 3.63) is 51.5 Å². The van der Waals surface area contributed by atoms with Crippen LogP contribution in [0, 0.1) is 23.1 Å². The standard InChI is InChI=1S/C19H17FN2OS/c20-15-11-24-17(14(15)10-21)7-12-5-6-18(23)19(8-12)9-13-3-1-2-4-16(13)22-19/h1-4,11-12,22H,5-9H2. The number of benzene rings is 1. The average Bonchev–Trinajstić information content (AvgIpc) is 3.11. The van der Waals surface area contributed by atoms with Crippen LogP contribution in [-0.4, -0.2) is 11.3 Å². The summed E-state index contributed by atoms with van der Waals surface area (Å²) in [6.45, 7) is 0. The van der Waals surface area contributed by atoms with Gasteiger partial charge in [-0.2, -0.15) is 5.26 Å². The number of anilines is 1. The molecule has 0 bridgehead atoms. The van der Waals surface area contributed by atoms with E-state index in [4.69, 9.17) is 5.26 Å². The van der Waals surface area contributed by atoms with E-state index in [0.717, 1.165) is 29.8 Å². The number of nitrogens with one attached hydrogen (secondary N) is 1. The largest absolute Gasteiger partial charge is 0.372 e. The van der Waals surface area contributed by atoms with Crippen molar-refractivity contribution >= 4 is 22.8 Å². The monoisotopic (exact) mass is 340 g/mol. The fraction of sp³-hybridized carbons (Fsp3) is 0.368. The number of para-hydroxylation sites is 1. The number of halogens is 1. The molecule has 2 unspecified atom stereocenters. The normalized spacial score (nSPS) is 25.3. The Bertz CT molecular complexity index is 826. The van der Waals surface area contributed by atoms with E-state index in [9.17, 15) is 9.18 Å². The lowest BCUT2D eigenvalue weighted by atomic mass is 9.72. The lowest BCUT2D eigenvalue weighted by Crippen LogP contribution is -2.49. The highest BCUT2D eigenvalue weighted by Gasteiger charge is 2.47.